The molecule has 0 bridgehead atoms. The van der Waals surface area contributed by atoms with Gasteiger partial charge in [0.2, 0.25) is 0 Å². The molecule has 0 aliphatic rings. The third-order valence-corrected chi connectivity index (χ3v) is 3.20. The molecule has 0 N–H and O–H groups in total. The van der Waals surface area contributed by atoms with Crippen molar-refractivity contribution in [2.45, 2.75) is 12.5 Å². The highest BCUT2D eigenvalue weighted by molar-refractivity contribution is 6.17. The van der Waals surface area contributed by atoms with Crippen molar-refractivity contribution in [3.63, 3.8) is 0 Å². The highest BCUT2D eigenvalue weighted by Gasteiger charge is 2.16. The molecule has 2 aromatic carbocycles. The Morgan fingerprint density at radius 1 is 1.29 bits per heavy atom. The number of halogens is 1. The Kier molecular flexibility index (Phi) is 4.75. The Balaban J connectivity index is 2.24. The summed E-state index contributed by atoms with van der Waals surface area (Å²) in [6.07, 6.45) is 0. The molecule has 0 radical (unpaired) electrons. The lowest BCUT2D eigenvalue weighted by Crippen LogP contribution is -2.01. The molecule has 2 aromatic rings. The molecule has 0 atom stereocenters. The molecule has 0 fully saturated rings. The fourth-order valence-electron chi connectivity index (χ4n) is 1.82. The number of alkyl halides is 1. The largest absolute Gasteiger partial charge is 0.482 e. The van der Waals surface area contributed by atoms with Crippen molar-refractivity contribution in [2.24, 2.45) is 0 Å². The van der Waals surface area contributed by atoms with Gasteiger partial charge < -0.3 is 4.74 Å². The molecule has 0 unspecified atom stereocenters. The van der Waals surface area contributed by atoms with Crippen molar-refractivity contribution < 1.29 is 9.66 Å². The van der Waals surface area contributed by atoms with Gasteiger partial charge in [0.15, 0.2) is 5.75 Å². The summed E-state index contributed by atoms with van der Waals surface area (Å²) in [7, 11) is 0. The van der Waals surface area contributed by atoms with Crippen LogP contribution in [0.4, 0.5) is 5.69 Å². The number of hydrogen-bond acceptors (Lipinski definition) is 4. The van der Waals surface area contributed by atoms with Crippen LogP contribution in [-0.2, 0) is 12.5 Å². The van der Waals surface area contributed by atoms with Crippen LogP contribution in [0.1, 0.15) is 16.7 Å². The van der Waals surface area contributed by atoms with Crippen molar-refractivity contribution >= 4 is 17.3 Å². The maximum Gasteiger partial charge on any atom is 0.311 e. The Hall–Kier alpha value is -2.58. The van der Waals surface area contributed by atoms with Crippen LogP contribution in [0.15, 0.2) is 42.5 Å². The molecule has 0 saturated carbocycles. The smallest absolute Gasteiger partial charge is 0.311 e. The first-order valence-corrected chi connectivity index (χ1v) is 6.63. The van der Waals surface area contributed by atoms with Gasteiger partial charge in [0, 0.05) is 17.5 Å². The van der Waals surface area contributed by atoms with E-state index in [0.717, 1.165) is 0 Å². The van der Waals surface area contributed by atoms with Gasteiger partial charge in [-0.3, -0.25) is 10.1 Å². The van der Waals surface area contributed by atoms with Crippen LogP contribution in [0, 0.1) is 21.4 Å². The zero-order valence-corrected chi connectivity index (χ0v) is 11.7. The van der Waals surface area contributed by atoms with Crippen LogP contribution in [0.2, 0.25) is 0 Å². The summed E-state index contributed by atoms with van der Waals surface area (Å²) < 4.78 is 5.49. The second-order valence-corrected chi connectivity index (χ2v) is 4.52. The van der Waals surface area contributed by atoms with Crippen molar-refractivity contribution in [3.8, 4) is 11.8 Å². The lowest BCUT2D eigenvalue weighted by Gasteiger charge is -2.08. The predicted octanol–water partition coefficient (Wildman–Crippen LogP) is 3.78. The Morgan fingerprint density at radius 2 is 2.05 bits per heavy atom. The first-order valence-electron chi connectivity index (χ1n) is 6.09. The first kappa shape index (κ1) is 14.8. The van der Waals surface area contributed by atoms with Crippen molar-refractivity contribution in [1.82, 2.24) is 0 Å². The van der Waals surface area contributed by atoms with E-state index in [1.54, 1.807) is 30.3 Å². The molecule has 0 aliphatic carbocycles. The summed E-state index contributed by atoms with van der Waals surface area (Å²) in [5.74, 6) is 0.347. The SMILES string of the molecule is N#Cc1ccccc1COc1ccc(CCl)cc1[N+](=O)[O-]. The number of benzene rings is 2. The van der Waals surface area contributed by atoms with E-state index in [2.05, 4.69) is 6.07 Å². The Labute approximate surface area is 126 Å². The van der Waals surface area contributed by atoms with Gasteiger partial charge in [-0.25, -0.2) is 0 Å². The average Bonchev–Trinajstić information content (AvgIpc) is 2.52. The number of hydrogen-bond donors (Lipinski definition) is 0. The summed E-state index contributed by atoms with van der Waals surface area (Å²) >= 11 is 5.67. The summed E-state index contributed by atoms with van der Waals surface area (Å²) in [4.78, 5) is 10.5. The van der Waals surface area contributed by atoms with Crippen molar-refractivity contribution in [1.29, 1.82) is 5.26 Å². The number of ether oxygens (including phenoxy) is 1. The topological polar surface area (TPSA) is 76.2 Å². The summed E-state index contributed by atoms with van der Waals surface area (Å²) in [5.41, 5.74) is 1.67. The molecule has 0 spiro atoms. The van der Waals surface area contributed by atoms with Gasteiger partial charge in [0.1, 0.15) is 6.61 Å². The van der Waals surface area contributed by atoms with Crippen molar-refractivity contribution in [3.05, 3.63) is 69.3 Å². The molecule has 2 rings (SSSR count). The van der Waals surface area contributed by atoms with Gasteiger partial charge in [-0.1, -0.05) is 24.3 Å². The van der Waals surface area contributed by atoms with Gasteiger partial charge in [-0.05, 0) is 17.7 Å². The highest BCUT2D eigenvalue weighted by Crippen LogP contribution is 2.29. The monoisotopic (exact) mass is 302 g/mol. The molecule has 0 saturated heterocycles. The number of nitro groups is 1. The van der Waals surface area contributed by atoms with Crippen LogP contribution >= 0.6 is 11.6 Å². The minimum absolute atomic E-state index is 0.0881. The maximum absolute atomic E-state index is 11.1. The molecule has 0 heterocycles. The second-order valence-electron chi connectivity index (χ2n) is 4.25. The van der Waals surface area contributed by atoms with Crippen LogP contribution in [0.25, 0.3) is 0 Å². The van der Waals surface area contributed by atoms with Crippen LogP contribution < -0.4 is 4.74 Å². The number of nitrogens with zero attached hydrogens (tertiary/aromatic N) is 2. The quantitative estimate of drug-likeness (QED) is 0.478. The normalized spacial score (nSPS) is 9.90. The van der Waals surface area contributed by atoms with Crippen LogP contribution in [0.5, 0.6) is 5.75 Å². The van der Waals surface area contributed by atoms with Gasteiger partial charge in [0.25, 0.3) is 0 Å². The third kappa shape index (κ3) is 3.50. The molecule has 0 aromatic heterocycles. The second kappa shape index (κ2) is 6.73. The maximum atomic E-state index is 11.1. The lowest BCUT2D eigenvalue weighted by atomic mass is 10.1. The van der Waals surface area contributed by atoms with E-state index in [4.69, 9.17) is 21.6 Å². The lowest BCUT2D eigenvalue weighted by molar-refractivity contribution is -0.386. The summed E-state index contributed by atoms with van der Waals surface area (Å²) in [6, 6.07) is 13.6. The van der Waals surface area contributed by atoms with E-state index < -0.39 is 4.92 Å². The van der Waals surface area contributed by atoms with Gasteiger partial charge in [0.05, 0.1) is 16.6 Å². The molecule has 5 nitrogen and oxygen atoms in total. The van der Waals surface area contributed by atoms with Crippen molar-refractivity contribution in [2.75, 3.05) is 0 Å². The predicted molar refractivity (Wildman–Crippen MR) is 78.1 cm³/mol. The third-order valence-electron chi connectivity index (χ3n) is 2.90. The minimum Gasteiger partial charge on any atom is -0.482 e. The Bertz CT molecular complexity index is 710. The number of nitro benzene ring substituents is 1. The first-order chi connectivity index (χ1) is 10.2. The van der Waals surface area contributed by atoms with E-state index >= 15 is 0 Å². The molecule has 0 aliphatic heterocycles. The fourth-order valence-corrected chi connectivity index (χ4v) is 1.99. The van der Waals surface area contributed by atoms with E-state index in [1.807, 2.05) is 0 Å². The Morgan fingerprint density at radius 3 is 2.71 bits per heavy atom. The molecule has 21 heavy (non-hydrogen) atoms. The number of nitriles is 1. The van der Waals surface area contributed by atoms with Crippen LogP contribution in [-0.4, -0.2) is 4.92 Å². The molecule has 6 heteroatoms. The van der Waals surface area contributed by atoms with E-state index in [9.17, 15) is 10.1 Å². The molecule has 0 amide bonds. The van der Waals surface area contributed by atoms with E-state index in [0.29, 0.717) is 16.7 Å². The average molecular weight is 303 g/mol. The molecular formula is C15H11ClN2O3. The zero-order valence-electron chi connectivity index (χ0n) is 11.0. The summed E-state index contributed by atoms with van der Waals surface area (Å²) in [5, 5.41) is 20.1. The van der Waals surface area contributed by atoms with E-state index in [-0.39, 0.29) is 23.9 Å². The van der Waals surface area contributed by atoms with E-state index in [1.165, 1.54) is 12.1 Å². The highest BCUT2D eigenvalue weighted by atomic mass is 35.5. The fraction of sp³-hybridized carbons (Fsp3) is 0.133. The molecular weight excluding hydrogens is 292 g/mol. The number of rotatable bonds is 5. The molecule has 106 valence electrons. The van der Waals surface area contributed by atoms with Gasteiger partial charge in [-0.15, -0.1) is 11.6 Å². The van der Waals surface area contributed by atoms with Gasteiger partial charge >= 0.3 is 5.69 Å². The standard InChI is InChI=1S/C15H11ClN2O3/c16-8-11-5-6-15(14(7-11)18(19)20)21-10-13-4-2-1-3-12(13)9-17/h1-7H,8,10H2. The van der Waals surface area contributed by atoms with Crippen LogP contribution in [0.3, 0.4) is 0 Å². The minimum atomic E-state index is -0.512. The zero-order chi connectivity index (χ0) is 15.2. The van der Waals surface area contributed by atoms with Gasteiger partial charge in [-0.2, -0.15) is 5.26 Å². The summed E-state index contributed by atoms with van der Waals surface area (Å²) in [6.45, 7) is 0.0881.